The molecular weight excluding hydrogens is 424 g/mol. The van der Waals surface area contributed by atoms with Crippen LogP contribution in [0.5, 0.6) is 11.5 Å². The SMILES string of the molecule is Cn1ccc2ccc(/C=C/c3cc(C=Cc4ccc(OCc5ccccn5)cc4O)n[nH]3)cc21. The number of nitrogens with zero attached hydrogens (tertiary/aromatic N) is 3. The molecule has 0 spiro atoms. The molecule has 2 N–H and O–H groups in total. The molecule has 0 radical (unpaired) electrons. The first-order valence-electron chi connectivity index (χ1n) is 11.0. The van der Waals surface area contributed by atoms with E-state index in [1.165, 1.54) is 10.9 Å². The second kappa shape index (κ2) is 9.50. The highest BCUT2D eigenvalue weighted by Crippen LogP contribution is 2.26. The third-order valence-corrected chi connectivity index (χ3v) is 5.53. The van der Waals surface area contributed by atoms with Crippen molar-refractivity contribution in [2.24, 2.45) is 7.05 Å². The van der Waals surface area contributed by atoms with Gasteiger partial charge in [-0.1, -0.05) is 24.3 Å². The summed E-state index contributed by atoms with van der Waals surface area (Å²) in [5.74, 6) is 0.725. The summed E-state index contributed by atoms with van der Waals surface area (Å²) in [6, 6.07) is 21.4. The topological polar surface area (TPSA) is 76.0 Å². The number of aromatic nitrogens is 4. The van der Waals surface area contributed by atoms with Crippen LogP contribution in [0, 0.1) is 0 Å². The van der Waals surface area contributed by atoms with Gasteiger partial charge in [0, 0.05) is 36.6 Å². The number of H-pyrrole nitrogens is 1. The van der Waals surface area contributed by atoms with Crippen molar-refractivity contribution in [1.82, 2.24) is 19.7 Å². The summed E-state index contributed by atoms with van der Waals surface area (Å²) in [6.45, 7) is 0.345. The molecule has 3 aromatic heterocycles. The maximum atomic E-state index is 10.4. The van der Waals surface area contributed by atoms with Crippen LogP contribution in [0.4, 0.5) is 0 Å². The molecule has 0 unspecified atom stereocenters. The Kier molecular flexibility index (Phi) is 5.95. The van der Waals surface area contributed by atoms with Crippen LogP contribution in [-0.4, -0.2) is 24.9 Å². The van der Waals surface area contributed by atoms with Gasteiger partial charge in [-0.15, -0.1) is 0 Å². The minimum Gasteiger partial charge on any atom is -0.507 e. The van der Waals surface area contributed by atoms with Crippen LogP contribution >= 0.6 is 0 Å². The summed E-state index contributed by atoms with van der Waals surface area (Å²) < 4.78 is 7.82. The molecule has 5 aromatic rings. The molecule has 0 aliphatic heterocycles. The average molecular weight is 449 g/mol. The summed E-state index contributed by atoms with van der Waals surface area (Å²) in [4.78, 5) is 4.23. The molecular formula is C28H24N4O2. The van der Waals surface area contributed by atoms with E-state index >= 15 is 0 Å². The van der Waals surface area contributed by atoms with Crippen molar-refractivity contribution in [3.63, 3.8) is 0 Å². The lowest BCUT2D eigenvalue weighted by atomic mass is 10.1. The van der Waals surface area contributed by atoms with Gasteiger partial charge in [0.15, 0.2) is 0 Å². The number of rotatable bonds is 7. The number of aromatic hydroxyl groups is 1. The van der Waals surface area contributed by atoms with Gasteiger partial charge >= 0.3 is 0 Å². The Morgan fingerprint density at radius 2 is 1.91 bits per heavy atom. The highest BCUT2D eigenvalue weighted by Gasteiger charge is 2.03. The van der Waals surface area contributed by atoms with Gasteiger partial charge in [-0.3, -0.25) is 10.1 Å². The van der Waals surface area contributed by atoms with E-state index in [1.54, 1.807) is 12.3 Å². The fourth-order valence-corrected chi connectivity index (χ4v) is 3.66. The van der Waals surface area contributed by atoms with Crippen molar-refractivity contribution in [2.45, 2.75) is 6.61 Å². The second-order valence-corrected chi connectivity index (χ2v) is 7.99. The Hall–Kier alpha value is -4.58. The minimum absolute atomic E-state index is 0.140. The molecule has 0 aliphatic rings. The molecule has 6 nitrogen and oxygen atoms in total. The molecule has 0 saturated heterocycles. The molecule has 0 fully saturated rings. The zero-order valence-electron chi connectivity index (χ0n) is 18.7. The minimum atomic E-state index is 0.140. The summed E-state index contributed by atoms with van der Waals surface area (Å²) >= 11 is 0. The standard InChI is InChI=1S/C28H24N4O2/c1-32-15-13-21-7-5-20(16-27(21)32)6-10-23-17-24(31-30-23)11-8-22-9-12-26(18-28(22)33)34-19-25-4-2-3-14-29-25/h2-18,33H,19H2,1H3,(H,30,31)/b10-6+,11-8?. The largest absolute Gasteiger partial charge is 0.507 e. The van der Waals surface area contributed by atoms with Crippen LogP contribution in [0.2, 0.25) is 0 Å². The Morgan fingerprint density at radius 3 is 2.76 bits per heavy atom. The Bertz CT molecular complexity index is 1480. The first-order valence-corrected chi connectivity index (χ1v) is 11.0. The maximum Gasteiger partial charge on any atom is 0.130 e. The predicted molar refractivity (Wildman–Crippen MR) is 136 cm³/mol. The highest BCUT2D eigenvalue weighted by molar-refractivity contribution is 5.84. The molecule has 0 saturated carbocycles. The highest BCUT2D eigenvalue weighted by atomic mass is 16.5. The third-order valence-electron chi connectivity index (χ3n) is 5.53. The van der Waals surface area contributed by atoms with E-state index in [1.807, 2.05) is 61.7 Å². The second-order valence-electron chi connectivity index (χ2n) is 7.99. The number of phenols is 1. The van der Waals surface area contributed by atoms with Crippen LogP contribution in [-0.2, 0) is 13.7 Å². The fourth-order valence-electron chi connectivity index (χ4n) is 3.66. The van der Waals surface area contributed by atoms with Gasteiger partial charge in [0.05, 0.1) is 17.1 Å². The Labute approximate surface area is 197 Å². The third kappa shape index (κ3) is 4.91. The van der Waals surface area contributed by atoms with Gasteiger partial charge in [0.1, 0.15) is 18.1 Å². The predicted octanol–water partition coefficient (Wildman–Crippen LogP) is 5.92. The van der Waals surface area contributed by atoms with Crippen molar-refractivity contribution >= 4 is 35.2 Å². The van der Waals surface area contributed by atoms with Crippen molar-refractivity contribution in [1.29, 1.82) is 0 Å². The van der Waals surface area contributed by atoms with E-state index in [9.17, 15) is 5.11 Å². The number of hydrogen-bond donors (Lipinski definition) is 2. The monoisotopic (exact) mass is 448 g/mol. The Balaban J connectivity index is 1.23. The molecule has 3 heterocycles. The van der Waals surface area contributed by atoms with E-state index in [-0.39, 0.29) is 5.75 Å². The smallest absolute Gasteiger partial charge is 0.130 e. The van der Waals surface area contributed by atoms with E-state index in [4.69, 9.17) is 4.74 Å². The number of hydrogen-bond acceptors (Lipinski definition) is 4. The zero-order valence-corrected chi connectivity index (χ0v) is 18.7. The number of aromatic amines is 1. The molecule has 34 heavy (non-hydrogen) atoms. The number of phenolic OH excluding ortho intramolecular Hbond substituents is 1. The van der Waals surface area contributed by atoms with Crippen molar-refractivity contribution in [3.8, 4) is 11.5 Å². The molecule has 0 amide bonds. The van der Waals surface area contributed by atoms with Gasteiger partial charge in [0.2, 0.25) is 0 Å². The fraction of sp³-hybridized carbons (Fsp3) is 0.0714. The molecule has 0 atom stereocenters. The first-order chi connectivity index (χ1) is 16.6. The molecule has 0 aliphatic carbocycles. The summed E-state index contributed by atoms with van der Waals surface area (Å²) in [5, 5.41) is 19.0. The van der Waals surface area contributed by atoms with Gasteiger partial charge in [-0.05, 0) is 71.6 Å². The first kappa shape index (κ1) is 21.3. The van der Waals surface area contributed by atoms with E-state index in [0.29, 0.717) is 17.9 Å². The van der Waals surface area contributed by atoms with Gasteiger partial charge < -0.3 is 14.4 Å². The molecule has 2 aromatic carbocycles. The van der Waals surface area contributed by atoms with E-state index in [0.717, 1.165) is 22.6 Å². The van der Waals surface area contributed by atoms with Crippen LogP contribution in [0.15, 0.2) is 79.1 Å². The van der Waals surface area contributed by atoms with Gasteiger partial charge in [-0.2, -0.15) is 5.10 Å². The van der Waals surface area contributed by atoms with Crippen LogP contribution in [0.1, 0.15) is 28.2 Å². The van der Waals surface area contributed by atoms with Crippen LogP contribution in [0.25, 0.3) is 35.2 Å². The van der Waals surface area contributed by atoms with Crippen molar-refractivity contribution in [3.05, 3.63) is 107 Å². The van der Waals surface area contributed by atoms with Crippen molar-refractivity contribution in [2.75, 3.05) is 0 Å². The lowest BCUT2D eigenvalue weighted by molar-refractivity contribution is 0.299. The average Bonchev–Trinajstić information content (AvgIpc) is 3.48. The summed E-state index contributed by atoms with van der Waals surface area (Å²) in [7, 11) is 2.05. The number of fused-ring (bicyclic) bond motifs is 1. The summed E-state index contributed by atoms with van der Waals surface area (Å²) in [5.41, 5.74) is 5.50. The molecule has 168 valence electrons. The Morgan fingerprint density at radius 1 is 0.971 bits per heavy atom. The van der Waals surface area contributed by atoms with Crippen LogP contribution < -0.4 is 4.74 Å². The zero-order chi connectivity index (χ0) is 23.3. The lowest BCUT2D eigenvalue weighted by Gasteiger charge is -2.07. The van der Waals surface area contributed by atoms with Crippen molar-refractivity contribution < 1.29 is 9.84 Å². The molecule has 0 bridgehead atoms. The number of pyridine rings is 1. The van der Waals surface area contributed by atoms with Gasteiger partial charge in [-0.25, -0.2) is 0 Å². The quantitative estimate of drug-likeness (QED) is 0.324. The normalized spacial score (nSPS) is 11.7. The summed E-state index contributed by atoms with van der Waals surface area (Å²) in [6.07, 6.45) is 11.5. The number of ether oxygens (including phenoxy) is 1. The number of aryl methyl sites for hydroxylation is 1. The number of benzene rings is 2. The van der Waals surface area contributed by atoms with Crippen LogP contribution in [0.3, 0.4) is 0 Å². The maximum absolute atomic E-state index is 10.4. The molecule has 6 heteroatoms. The van der Waals surface area contributed by atoms with Gasteiger partial charge in [0.25, 0.3) is 0 Å². The van der Waals surface area contributed by atoms with E-state index in [2.05, 4.69) is 56.3 Å². The molecule has 5 rings (SSSR count). The van der Waals surface area contributed by atoms with E-state index < -0.39 is 0 Å². The number of nitrogens with one attached hydrogen (secondary N) is 1. The lowest BCUT2D eigenvalue weighted by Crippen LogP contribution is -1.97.